The van der Waals surface area contributed by atoms with Crippen molar-refractivity contribution < 1.29 is 38.1 Å². The molecule has 0 fully saturated rings. The molecule has 2 amide bonds. The molecule has 0 aromatic heterocycles. The molecule has 10 nitrogen and oxygen atoms in total. The van der Waals surface area contributed by atoms with Gasteiger partial charge >= 0.3 is 24.1 Å². The SMILES string of the molecule is COC(=O)c1ccc2c(c1)CC[C@]2(C(=O)OC)N(NC(=O)OCc1ccccc1)C(=O)OCc1ccccc1. The fourth-order valence-electron chi connectivity index (χ4n) is 4.53. The van der Waals surface area contributed by atoms with E-state index < -0.39 is 29.7 Å². The third-order valence-corrected chi connectivity index (χ3v) is 6.44. The molecule has 0 radical (unpaired) electrons. The van der Waals surface area contributed by atoms with Crippen molar-refractivity contribution in [2.45, 2.75) is 31.6 Å². The Bertz CT molecular complexity index is 1350. The summed E-state index contributed by atoms with van der Waals surface area (Å²) in [6, 6.07) is 22.6. The topological polar surface area (TPSA) is 120 Å². The number of nitrogens with one attached hydrogen (secondary N) is 1. The number of nitrogens with zero attached hydrogens (tertiary/aromatic N) is 1. The summed E-state index contributed by atoms with van der Waals surface area (Å²) in [5.74, 6) is -1.35. The Morgan fingerprint density at radius 1 is 0.821 bits per heavy atom. The Labute approximate surface area is 225 Å². The highest BCUT2D eigenvalue weighted by atomic mass is 16.6. The third kappa shape index (κ3) is 5.85. The van der Waals surface area contributed by atoms with Gasteiger partial charge in [0.25, 0.3) is 0 Å². The normalized spacial score (nSPS) is 15.4. The molecular weight excluding hydrogens is 504 g/mol. The van der Waals surface area contributed by atoms with Gasteiger partial charge in [-0.2, -0.15) is 5.01 Å². The summed E-state index contributed by atoms with van der Waals surface area (Å²) in [5.41, 5.74) is 3.35. The Morgan fingerprint density at radius 2 is 1.44 bits per heavy atom. The highest BCUT2D eigenvalue weighted by Gasteiger charge is 2.55. The van der Waals surface area contributed by atoms with Gasteiger partial charge in [-0.3, -0.25) is 0 Å². The molecule has 1 aliphatic rings. The third-order valence-electron chi connectivity index (χ3n) is 6.44. The molecule has 0 unspecified atom stereocenters. The number of rotatable bonds is 7. The van der Waals surface area contributed by atoms with Crippen molar-refractivity contribution >= 4 is 24.1 Å². The number of esters is 2. The Morgan fingerprint density at radius 3 is 2.03 bits per heavy atom. The first-order valence-electron chi connectivity index (χ1n) is 12.2. The van der Waals surface area contributed by atoms with Crippen LogP contribution in [0.25, 0.3) is 0 Å². The van der Waals surface area contributed by atoms with Gasteiger partial charge in [0, 0.05) is 0 Å². The zero-order valence-electron chi connectivity index (χ0n) is 21.5. The van der Waals surface area contributed by atoms with E-state index >= 15 is 0 Å². The largest absolute Gasteiger partial charge is 0.467 e. The van der Waals surface area contributed by atoms with Crippen molar-refractivity contribution in [1.82, 2.24) is 10.4 Å². The van der Waals surface area contributed by atoms with Crippen molar-refractivity contribution in [3.63, 3.8) is 0 Å². The van der Waals surface area contributed by atoms with Crippen LogP contribution in [0.4, 0.5) is 9.59 Å². The van der Waals surface area contributed by atoms with E-state index in [0.717, 1.165) is 10.6 Å². The van der Waals surface area contributed by atoms with Crippen LogP contribution < -0.4 is 5.43 Å². The molecule has 0 aliphatic heterocycles. The summed E-state index contributed by atoms with van der Waals surface area (Å²) < 4.78 is 20.8. The molecule has 0 bridgehead atoms. The van der Waals surface area contributed by atoms with Crippen LogP contribution in [0.15, 0.2) is 78.9 Å². The summed E-state index contributed by atoms with van der Waals surface area (Å²) in [5, 5.41) is 0.818. The van der Waals surface area contributed by atoms with Crippen LogP contribution in [0.2, 0.25) is 0 Å². The predicted octanol–water partition coefficient (Wildman–Crippen LogP) is 4.27. The number of methoxy groups -OCH3 is 2. The number of hydrazine groups is 1. The van der Waals surface area contributed by atoms with E-state index in [9.17, 15) is 19.2 Å². The van der Waals surface area contributed by atoms with Gasteiger partial charge in [0.2, 0.25) is 0 Å². The van der Waals surface area contributed by atoms with Crippen LogP contribution in [-0.4, -0.2) is 43.4 Å². The average Bonchev–Trinajstić information content (AvgIpc) is 3.37. The van der Waals surface area contributed by atoms with E-state index in [0.29, 0.717) is 23.1 Å². The lowest BCUT2D eigenvalue weighted by atomic mass is 9.90. The first kappa shape index (κ1) is 27.2. The van der Waals surface area contributed by atoms with Gasteiger partial charge in [-0.05, 0) is 47.2 Å². The summed E-state index contributed by atoms with van der Waals surface area (Å²) in [7, 11) is 2.45. The lowest BCUT2D eigenvalue weighted by molar-refractivity contribution is -0.157. The van der Waals surface area contributed by atoms with Crippen LogP contribution in [0.3, 0.4) is 0 Å². The number of amides is 2. The molecule has 1 N–H and O–H groups in total. The summed E-state index contributed by atoms with van der Waals surface area (Å²) in [6.45, 7) is -0.174. The molecule has 1 aliphatic carbocycles. The van der Waals surface area contributed by atoms with E-state index in [4.69, 9.17) is 18.9 Å². The van der Waals surface area contributed by atoms with Gasteiger partial charge in [0.1, 0.15) is 13.2 Å². The molecule has 0 heterocycles. The summed E-state index contributed by atoms with van der Waals surface area (Å²) in [4.78, 5) is 51.9. The maximum atomic E-state index is 13.5. The zero-order chi connectivity index (χ0) is 27.8. The quantitative estimate of drug-likeness (QED) is 0.272. The lowest BCUT2D eigenvalue weighted by Crippen LogP contribution is -2.61. The smallest absolute Gasteiger partial charge is 0.430 e. The van der Waals surface area contributed by atoms with E-state index in [2.05, 4.69) is 5.43 Å². The van der Waals surface area contributed by atoms with Gasteiger partial charge < -0.3 is 18.9 Å². The summed E-state index contributed by atoms with van der Waals surface area (Å²) in [6.07, 6.45) is -1.61. The number of fused-ring (bicyclic) bond motifs is 1. The van der Waals surface area contributed by atoms with Crippen molar-refractivity contribution in [1.29, 1.82) is 0 Å². The van der Waals surface area contributed by atoms with Crippen LogP contribution in [0.5, 0.6) is 0 Å². The van der Waals surface area contributed by atoms with E-state index in [1.165, 1.54) is 20.3 Å². The Kier molecular flexibility index (Phi) is 8.45. The second-order valence-corrected chi connectivity index (χ2v) is 8.76. The number of hydrogen-bond donors (Lipinski definition) is 1. The van der Waals surface area contributed by atoms with E-state index in [1.54, 1.807) is 60.7 Å². The fraction of sp³-hybridized carbons (Fsp3) is 0.241. The maximum absolute atomic E-state index is 13.5. The molecule has 202 valence electrons. The molecular formula is C29H28N2O8. The predicted molar refractivity (Wildman–Crippen MR) is 138 cm³/mol. The standard InChI is InChI=1S/C29H28N2O8/c1-36-25(32)23-13-14-24-22(17-23)15-16-29(24,26(33)37-2)31(28(35)39-19-21-11-7-4-8-12-21)30-27(34)38-18-20-9-5-3-6-10-20/h3-14,17H,15-16,18-19H2,1-2H3,(H,30,34)/t29-/m0/s1. The molecule has 39 heavy (non-hydrogen) atoms. The zero-order valence-corrected chi connectivity index (χ0v) is 21.5. The number of benzene rings is 3. The molecule has 0 saturated carbocycles. The summed E-state index contributed by atoms with van der Waals surface area (Å²) >= 11 is 0. The molecule has 0 saturated heterocycles. The fourth-order valence-corrected chi connectivity index (χ4v) is 4.53. The Hall–Kier alpha value is -4.86. The van der Waals surface area contributed by atoms with Crippen molar-refractivity contribution in [2.75, 3.05) is 14.2 Å². The van der Waals surface area contributed by atoms with Crippen LogP contribution in [0, 0.1) is 0 Å². The second-order valence-electron chi connectivity index (χ2n) is 8.76. The molecule has 10 heteroatoms. The number of hydrogen-bond acceptors (Lipinski definition) is 8. The van der Waals surface area contributed by atoms with Gasteiger partial charge in [-0.25, -0.2) is 24.6 Å². The minimum Gasteiger partial charge on any atom is -0.467 e. The van der Waals surface area contributed by atoms with Gasteiger partial charge in [0.15, 0.2) is 5.54 Å². The van der Waals surface area contributed by atoms with Gasteiger partial charge in [-0.15, -0.1) is 0 Å². The van der Waals surface area contributed by atoms with Crippen LogP contribution in [-0.2, 0) is 48.9 Å². The van der Waals surface area contributed by atoms with Crippen LogP contribution in [0.1, 0.15) is 39.0 Å². The molecule has 1 atom stereocenters. The highest BCUT2D eigenvalue weighted by Crippen LogP contribution is 2.43. The maximum Gasteiger partial charge on any atom is 0.430 e. The number of aryl methyl sites for hydroxylation is 1. The molecule has 3 aromatic rings. The molecule has 4 rings (SSSR count). The first-order valence-corrected chi connectivity index (χ1v) is 12.2. The van der Waals surface area contributed by atoms with Crippen LogP contribution >= 0.6 is 0 Å². The number of carbonyl (C=O) groups is 4. The average molecular weight is 533 g/mol. The highest BCUT2D eigenvalue weighted by molar-refractivity contribution is 5.92. The monoisotopic (exact) mass is 532 g/mol. The lowest BCUT2D eigenvalue weighted by Gasteiger charge is -2.38. The van der Waals surface area contributed by atoms with E-state index in [-0.39, 0.29) is 25.2 Å². The first-order chi connectivity index (χ1) is 18.9. The second kappa shape index (κ2) is 12.1. The van der Waals surface area contributed by atoms with E-state index in [1.807, 2.05) is 12.1 Å². The molecule has 3 aromatic carbocycles. The van der Waals surface area contributed by atoms with Gasteiger partial charge in [0.05, 0.1) is 19.8 Å². The number of carbonyl (C=O) groups excluding carboxylic acids is 4. The van der Waals surface area contributed by atoms with Crippen molar-refractivity contribution in [2.24, 2.45) is 0 Å². The van der Waals surface area contributed by atoms with Crippen molar-refractivity contribution in [3.8, 4) is 0 Å². The van der Waals surface area contributed by atoms with Gasteiger partial charge in [-0.1, -0.05) is 66.7 Å². The molecule has 0 spiro atoms. The minimum absolute atomic E-state index is 0.0546. The Balaban J connectivity index is 1.67. The van der Waals surface area contributed by atoms with Crippen molar-refractivity contribution in [3.05, 3.63) is 107 Å². The number of ether oxygens (including phenoxy) is 4. The minimum atomic E-state index is -1.78.